The van der Waals surface area contributed by atoms with E-state index >= 15 is 0 Å². The normalized spacial score (nSPS) is 17.0. The van der Waals surface area contributed by atoms with E-state index in [1.807, 2.05) is 0 Å². The summed E-state index contributed by atoms with van der Waals surface area (Å²) < 4.78 is 4.72. The van der Waals surface area contributed by atoms with Crippen molar-refractivity contribution in [1.29, 1.82) is 0 Å². The lowest BCUT2D eigenvalue weighted by atomic mass is 9.86. The quantitative estimate of drug-likeness (QED) is 0.510. The molecular weight excluding hydrogens is 266 g/mol. The van der Waals surface area contributed by atoms with Gasteiger partial charge in [-0.15, -0.1) is 6.58 Å². The van der Waals surface area contributed by atoms with E-state index in [9.17, 15) is 9.59 Å². The maximum Gasteiger partial charge on any atom is 0.310 e. The molecule has 1 saturated carbocycles. The van der Waals surface area contributed by atoms with Gasteiger partial charge in [-0.1, -0.05) is 45.1 Å². The lowest BCUT2D eigenvalue weighted by Crippen LogP contribution is -2.37. The minimum absolute atomic E-state index is 0.122. The van der Waals surface area contributed by atoms with E-state index in [4.69, 9.17) is 4.74 Å². The molecule has 1 fully saturated rings. The van der Waals surface area contributed by atoms with Crippen LogP contribution in [0.15, 0.2) is 12.7 Å². The zero-order valence-electron chi connectivity index (χ0n) is 13.5. The second-order valence-corrected chi connectivity index (χ2v) is 6.05. The summed E-state index contributed by atoms with van der Waals surface area (Å²) in [4.78, 5) is 25.6. The summed E-state index contributed by atoms with van der Waals surface area (Å²) in [7, 11) is 1.38. The van der Waals surface area contributed by atoms with Crippen molar-refractivity contribution >= 4 is 11.9 Å². The third-order valence-electron chi connectivity index (χ3n) is 4.29. The number of methoxy groups -OCH3 is 1. The average molecular weight is 295 g/mol. The van der Waals surface area contributed by atoms with E-state index in [1.54, 1.807) is 17.9 Å². The van der Waals surface area contributed by atoms with Crippen LogP contribution in [0.25, 0.3) is 0 Å². The maximum absolute atomic E-state index is 12.3. The molecule has 0 spiro atoms. The minimum Gasteiger partial charge on any atom is -0.469 e. The molecule has 1 rings (SSSR count). The van der Waals surface area contributed by atoms with Crippen molar-refractivity contribution in [3.05, 3.63) is 12.7 Å². The molecule has 1 atom stereocenters. The van der Waals surface area contributed by atoms with Crippen molar-refractivity contribution in [3.8, 4) is 0 Å². The van der Waals surface area contributed by atoms with Gasteiger partial charge in [-0.2, -0.15) is 0 Å². The van der Waals surface area contributed by atoms with E-state index in [-0.39, 0.29) is 17.8 Å². The highest BCUT2D eigenvalue weighted by molar-refractivity contribution is 5.78. The molecule has 1 unspecified atom stereocenters. The van der Waals surface area contributed by atoms with Crippen molar-refractivity contribution in [2.24, 2.45) is 11.8 Å². The van der Waals surface area contributed by atoms with Gasteiger partial charge in [-0.05, 0) is 12.3 Å². The van der Waals surface area contributed by atoms with Gasteiger partial charge in [0.25, 0.3) is 0 Å². The van der Waals surface area contributed by atoms with Crippen molar-refractivity contribution in [1.82, 2.24) is 4.90 Å². The smallest absolute Gasteiger partial charge is 0.310 e. The SMILES string of the molecule is C=CCN(CC(C)C(=O)OC)C(=O)CCC1CCCCC1. The number of amides is 1. The molecule has 4 nitrogen and oxygen atoms in total. The molecule has 0 aromatic rings. The van der Waals surface area contributed by atoms with Crippen LogP contribution in [-0.2, 0) is 14.3 Å². The second-order valence-electron chi connectivity index (χ2n) is 6.05. The topological polar surface area (TPSA) is 46.6 Å². The van der Waals surface area contributed by atoms with Gasteiger partial charge in [0.2, 0.25) is 5.91 Å². The predicted molar refractivity (Wildman–Crippen MR) is 83.8 cm³/mol. The molecule has 0 aliphatic heterocycles. The standard InChI is InChI=1S/C17H29NO3/c1-4-12-18(13-14(2)17(20)21-3)16(19)11-10-15-8-6-5-7-9-15/h4,14-15H,1,5-13H2,2-3H3. The number of nitrogens with zero attached hydrogens (tertiary/aromatic N) is 1. The molecule has 1 amide bonds. The Morgan fingerprint density at radius 2 is 2.00 bits per heavy atom. The fourth-order valence-electron chi connectivity index (χ4n) is 3.00. The Kier molecular flexibility index (Phi) is 8.09. The monoisotopic (exact) mass is 295 g/mol. The van der Waals surface area contributed by atoms with Crippen molar-refractivity contribution in [2.45, 2.75) is 51.9 Å². The Bertz CT molecular complexity index is 348. The van der Waals surface area contributed by atoms with E-state index in [1.165, 1.54) is 39.2 Å². The van der Waals surface area contributed by atoms with Gasteiger partial charge in [0.1, 0.15) is 0 Å². The molecule has 21 heavy (non-hydrogen) atoms. The summed E-state index contributed by atoms with van der Waals surface area (Å²) >= 11 is 0. The molecule has 0 aromatic heterocycles. The maximum atomic E-state index is 12.3. The van der Waals surface area contributed by atoms with Crippen molar-refractivity contribution in [3.63, 3.8) is 0 Å². The number of hydrogen-bond donors (Lipinski definition) is 0. The summed E-state index contributed by atoms with van der Waals surface area (Å²) in [6.07, 6.45) is 9.71. The van der Waals surface area contributed by atoms with Crippen LogP contribution < -0.4 is 0 Å². The first-order chi connectivity index (χ1) is 10.1. The largest absolute Gasteiger partial charge is 0.469 e. The van der Waals surface area contributed by atoms with E-state index in [0.717, 1.165) is 6.42 Å². The molecule has 1 aliphatic rings. The Morgan fingerprint density at radius 3 is 2.57 bits per heavy atom. The summed E-state index contributed by atoms with van der Waals surface area (Å²) in [5.41, 5.74) is 0. The van der Waals surface area contributed by atoms with Crippen LogP contribution in [0.1, 0.15) is 51.9 Å². The molecule has 0 N–H and O–H groups in total. The van der Waals surface area contributed by atoms with E-state index in [0.29, 0.717) is 25.4 Å². The fourth-order valence-corrected chi connectivity index (χ4v) is 3.00. The zero-order chi connectivity index (χ0) is 15.7. The summed E-state index contributed by atoms with van der Waals surface area (Å²) in [5, 5.41) is 0. The van der Waals surface area contributed by atoms with Gasteiger partial charge in [-0.3, -0.25) is 9.59 Å². The number of ether oxygens (including phenoxy) is 1. The van der Waals surface area contributed by atoms with Crippen LogP contribution in [-0.4, -0.2) is 37.0 Å². The molecular formula is C17H29NO3. The minimum atomic E-state index is -0.298. The van der Waals surface area contributed by atoms with Crippen LogP contribution in [0.3, 0.4) is 0 Å². The number of hydrogen-bond acceptors (Lipinski definition) is 3. The molecule has 1 aliphatic carbocycles. The van der Waals surface area contributed by atoms with Gasteiger partial charge in [0.05, 0.1) is 13.0 Å². The zero-order valence-corrected chi connectivity index (χ0v) is 13.5. The van der Waals surface area contributed by atoms with Crippen molar-refractivity contribution in [2.75, 3.05) is 20.2 Å². The van der Waals surface area contributed by atoms with Crippen LogP contribution in [0.2, 0.25) is 0 Å². The first kappa shape index (κ1) is 17.7. The van der Waals surface area contributed by atoms with Gasteiger partial charge in [0, 0.05) is 19.5 Å². The van der Waals surface area contributed by atoms with E-state index < -0.39 is 0 Å². The van der Waals surface area contributed by atoms with Crippen LogP contribution in [0.5, 0.6) is 0 Å². The molecule has 4 heteroatoms. The Morgan fingerprint density at radius 1 is 1.33 bits per heavy atom. The first-order valence-corrected chi connectivity index (χ1v) is 8.05. The Labute approximate surface area is 128 Å². The van der Waals surface area contributed by atoms with Crippen LogP contribution >= 0.6 is 0 Å². The lowest BCUT2D eigenvalue weighted by Gasteiger charge is -2.26. The molecule has 0 saturated heterocycles. The third kappa shape index (κ3) is 6.32. The van der Waals surface area contributed by atoms with Gasteiger partial charge in [0.15, 0.2) is 0 Å². The molecule has 0 aromatic carbocycles. The molecule has 120 valence electrons. The second kappa shape index (κ2) is 9.59. The predicted octanol–water partition coefficient (Wildman–Crippen LogP) is 3.17. The third-order valence-corrected chi connectivity index (χ3v) is 4.29. The van der Waals surface area contributed by atoms with Gasteiger partial charge >= 0.3 is 5.97 Å². The summed E-state index contributed by atoms with van der Waals surface area (Å²) in [5.74, 6) is 0.250. The number of carbonyl (C=O) groups is 2. The number of rotatable bonds is 8. The lowest BCUT2D eigenvalue weighted by molar-refractivity contribution is -0.146. The highest BCUT2D eigenvalue weighted by Crippen LogP contribution is 2.27. The van der Waals surface area contributed by atoms with E-state index in [2.05, 4.69) is 6.58 Å². The average Bonchev–Trinajstić information content (AvgIpc) is 2.52. The van der Waals surface area contributed by atoms with Gasteiger partial charge < -0.3 is 9.64 Å². The Hall–Kier alpha value is -1.32. The fraction of sp³-hybridized carbons (Fsp3) is 0.765. The van der Waals surface area contributed by atoms with Crippen LogP contribution in [0, 0.1) is 11.8 Å². The number of carbonyl (C=O) groups excluding carboxylic acids is 2. The molecule has 0 bridgehead atoms. The molecule has 0 heterocycles. The number of esters is 1. The first-order valence-electron chi connectivity index (χ1n) is 8.05. The highest BCUT2D eigenvalue weighted by Gasteiger charge is 2.22. The van der Waals surface area contributed by atoms with Crippen molar-refractivity contribution < 1.29 is 14.3 Å². The summed E-state index contributed by atoms with van der Waals surface area (Å²) in [6, 6.07) is 0. The molecule has 0 radical (unpaired) electrons. The highest BCUT2D eigenvalue weighted by atomic mass is 16.5. The summed E-state index contributed by atoms with van der Waals surface area (Å²) in [6.45, 7) is 6.38. The van der Waals surface area contributed by atoms with Crippen LogP contribution in [0.4, 0.5) is 0 Å². The Balaban J connectivity index is 2.44. The van der Waals surface area contributed by atoms with Gasteiger partial charge in [-0.25, -0.2) is 0 Å².